The van der Waals surface area contributed by atoms with Crippen LogP contribution in [0.2, 0.25) is 5.02 Å². The molecular weight excluding hydrogens is 302 g/mol. The monoisotopic (exact) mass is 317 g/mol. The summed E-state index contributed by atoms with van der Waals surface area (Å²) in [5, 5.41) is 4.85. The Hall–Kier alpha value is -2.18. The Morgan fingerprint density at radius 3 is 2.91 bits per heavy atom. The number of ether oxygens (including phenoxy) is 1. The highest BCUT2D eigenvalue weighted by Crippen LogP contribution is 2.15. The second-order valence-corrected chi connectivity index (χ2v) is 5.22. The molecular formula is C15H16ClN5O. The molecule has 6 nitrogen and oxygen atoms in total. The minimum atomic E-state index is 0.648. The van der Waals surface area contributed by atoms with Crippen LogP contribution in [0.3, 0.4) is 0 Å². The van der Waals surface area contributed by atoms with Gasteiger partial charge in [0.15, 0.2) is 5.82 Å². The van der Waals surface area contributed by atoms with Crippen molar-refractivity contribution in [2.45, 2.75) is 0 Å². The normalized spacial score (nSPS) is 15.2. The summed E-state index contributed by atoms with van der Waals surface area (Å²) < 4.78 is 5.34. The summed E-state index contributed by atoms with van der Waals surface area (Å²) in [6, 6.07) is 9.35. The van der Waals surface area contributed by atoms with E-state index in [1.807, 2.05) is 30.3 Å². The van der Waals surface area contributed by atoms with Crippen LogP contribution in [-0.4, -0.2) is 42.5 Å². The molecule has 0 aliphatic carbocycles. The Balaban J connectivity index is 1.65. The molecule has 1 aromatic carbocycles. The molecule has 0 bridgehead atoms. The fraction of sp³-hybridized carbons (Fsp3) is 0.267. The van der Waals surface area contributed by atoms with E-state index in [0.717, 1.165) is 37.7 Å². The predicted molar refractivity (Wildman–Crippen MR) is 87.7 cm³/mol. The van der Waals surface area contributed by atoms with Crippen LogP contribution in [0.4, 0.5) is 11.6 Å². The molecule has 7 heteroatoms. The Labute approximate surface area is 133 Å². The maximum atomic E-state index is 5.93. The molecule has 0 amide bonds. The van der Waals surface area contributed by atoms with Crippen LogP contribution in [-0.2, 0) is 4.74 Å². The Morgan fingerprint density at radius 1 is 1.23 bits per heavy atom. The van der Waals surface area contributed by atoms with Crippen LogP contribution in [0.1, 0.15) is 5.56 Å². The highest BCUT2D eigenvalue weighted by atomic mass is 35.5. The molecule has 22 heavy (non-hydrogen) atoms. The minimum Gasteiger partial charge on any atom is -0.378 e. The van der Waals surface area contributed by atoms with Crippen molar-refractivity contribution in [2.75, 3.05) is 36.6 Å². The second-order valence-electron chi connectivity index (χ2n) is 4.79. The lowest BCUT2D eigenvalue weighted by molar-refractivity contribution is 0.122. The van der Waals surface area contributed by atoms with Crippen molar-refractivity contribution in [2.24, 2.45) is 5.10 Å². The lowest BCUT2D eigenvalue weighted by Gasteiger charge is -2.27. The van der Waals surface area contributed by atoms with E-state index in [-0.39, 0.29) is 0 Å². The maximum absolute atomic E-state index is 5.93. The maximum Gasteiger partial charge on any atom is 0.151 e. The van der Waals surface area contributed by atoms with E-state index in [9.17, 15) is 0 Å². The van der Waals surface area contributed by atoms with E-state index in [1.165, 1.54) is 6.33 Å². The third-order valence-corrected chi connectivity index (χ3v) is 3.46. The van der Waals surface area contributed by atoms with Gasteiger partial charge < -0.3 is 9.64 Å². The number of anilines is 2. The van der Waals surface area contributed by atoms with E-state index < -0.39 is 0 Å². The van der Waals surface area contributed by atoms with Crippen molar-refractivity contribution in [3.05, 3.63) is 47.2 Å². The number of hydrazone groups is 1. The fourth-order valence-corrected chi connectivity index (χ4v) is 2.33. The van der Waals surface area contributed by atoms with Crippen molar-refractivity contribution in [1.82, 2.24) is 9.97 Å². The highest BCUT2D eigenvalue weighted by molar-refractivity contribution is 6.30. The molecule has 1 aliphatic rings. The van der Waals surface area contributed by atoms with Gasteiger partial charge in [-0.2, -0.15) is 5.10 Å². The first-order chi connectivity index (χ1) is 10.8. The number of halogens is 1. The summed E-state index contributed by atoms with van der Waals surface area (Å²) in [5.74, 6) is 1.52. The van der Waals surface area contributed by atoms with Gasteiger partial charge in [0, 0.05) is 24.2 Å². The zero-order valence-electron chi connectivity index (χ0n) is 11.9. The summed E-state index contributed by atoms with van der Waals surface area (Å²) in [5.41, 5.74) is 3.83. The average molecular weight is 318 g/mol. The number of nitrogens with one attached hydrogen (secondary N) is 1. The molecule has 114 valence electrons. The smallest absolute Gasteiger partial charge is 0.151 e. The second kappa shape index (κ2) is 7.20. The van der Waals surface area contributed by atoms with Gasteiger partial charge >= 0.3 is 0 Å². The van der Waals surface area contributed by atoms with Crippen LogP contribution in [0.25, 0.3) is 0 Å². The van der Waals surface area contributed by atoms with Gasteiger partial charge in [-0.25, -0.2) is 9.97 Å². The summed E-state index contributed by atoms with van der Waals surface area (Å²) in [7, 11) is 0. The number of hydrogen-bond donors (Lipinski definition) is 1. The van der Waals surface area contributed by atoms with Gasteiger partial charge in [-0.05, 0) is 17.7 Å². The van der Waals surface area contributed by atoms with E-state index in [4.69, 9.17) is 16.3 Å². The molecule has 1 aromatic heterocycles. The predicted octanol–water partition coefficient (Wildman–Crippen LogP) is 2.41. The van der Waals surface area contributed by atoms with Gasteiger partial charge in [0.2, 0.25) is 0 Å². The number of morpholine rings is 1. The van der Waals surface area contributed by atoms with Crippen molar-refractivity contribution in [1.29, 1.82) is 0 Å². The SMILES string of the molecule is Clc1cccc(/C=N/Nc2cc(N3CCOCC3)ncn2)c1. The minimum absolute atomic E-state index is 0.648. The van der Waals surface area contributed by atoms with Crippen LogP contribution in [0.5, 0.6) is 0 Å². The van der Waals surface area contributed by atoms with Gasteiger partial charge in [0.05, 0.1) is 19.4 Å². The zero-order chi connectivity index (χ0) is 15.2. The van der Waals surface area contributed by atoms with Crippen molar-refractivity contribution in [3.63, 3.8) is 0 Å². The molecule has 0 atom stereocenters. The Kier molecular flexibility index (Phi) is 4.82. The number of rotatable bonds is 4. The molecule has 0 spiro atoms. The summed E-state index contributed by atoms with van der Waals surface area (Å²) in [4.78, 5) is 10.6. The van der Waals surface area contributed by atoms with E-state index >= 15 is 0 Å². The topological polar surface area (TPSA) is 62.6 Å². The molecule has 1 saturated heterocycles. The Bertz CT molecular complexity index is 658. The highest BCUT2D eigenvalue weighted by Gasteiger charge is 2.12. The standard InChI is InChI=1S/C15H16ClN5O/c16-13-3-1-2-12(8-13)10-19-20-14-9-15(18-11-17-14)21-4-6-22-7-5-21/h1-3,8-11H,4-7H2,(H,17,18,20)/b19-10+. The van der Waals surface area contributed by atoms with Crippen LogP contribution >= 0.6 is 11.6 Å². The molecule has 1 N–H and O–H groups in total. The van der Waals surface area contributed by atoms with Crippen LogP contribution in [0.15, 0.2) is 41.8 Å². The summed E-state index contributed by atoms with van der Waals surface area (Å²) in [6.45, 7) is 3.11. The fourth-order valence-electron chi connectivity index (χ4n) is 2.13. The number of benzene rings is 1. The van der Waals surface area contributed by atoms with E-state index in [0.29, 0.717) is 10.8 Å². The number of nitrogens with zero attached hydrogens (tertiary/aromatic N) is 4. The van der Waals surface area contributed by atoms with Crippen LogP contribution < -0.4 is 10.3 Å². The van der Waals surface area contributed by atoms with Gasteiger partial charge in [-0.3, -0.25) is 5.43 Å². The number of hydrogen-bond acceptors (Lipinski definition) is 6. The van der Waals surface area contributed by atoms with E-state index in [2.05, 4.69) is 25.4 Å². The first kappa shape index (κ1) is 14.7. The molecule has 2 aromatic rings. The quantitative estimate of drug-likeness (QED) is 0.693. The lowest BCUT2D eigenvalue weighted by Crippen LogP contribution is -2.36. The molecule has 0 saturated carbocycles. The van der Waals surface area contributed by atoms with Gasteiger partial charge in [-0.1, -0.05) is 23.7 Å². The lowest BCUT2D eigenvalue weighted by atomic mass is 10.2. The van der Waals surface area contributed by atoms with Crippen molar-refractivity contribution in [3.8, 4) is 0 Å². The van der Waals surface area contributed by atoms with Crippen LogP contribution in [0, 0.1) is 0 Å². The van der Waals surface area contributed by atoms with E-state index in [1.54, 1.807) is 6.21 Å². The third kappa shape index (κ3) is 3.93. The van der Waals surface area contributed by atoms with Crippen molar-refractivity contribution < 1.29 is 4.74 Å². The molecule has 2 heterocycles. The summed E-state index contributed by atoms with van der Waals surface area (Å²) >= 11 is 5.93. The molecule has 0 radical (unpaired) electrons. The molecule has 3 rings (SSSR count). The van der Waals surface area contributed by atoms with Gasteiger partial charge in [-0.15, -0.1) is 0 Å². The van der Waals surface area contributed by atoms with Gasteiger partial charge in [0.1, 0.15) is 12.1 Å². The molecule has 1 aliphatic heterocycles. The largest absolute Gasteiger partial charge is 0.378 e. The zero-order valence-corrected chi connectivity index (χ0v) is 12.7. The third-order valence-electron chi connectivity index (χ3n) is 3.23. The first-order valence-electron chi connectivity index (χ1n) is 7.01. The average Bonchev–Trinajstić information content (AvgIpc) is 2.56. The Morgan fingerprint density at radius 2 is 2.09 bits per heavy atom. The van der Waals surface area contributed by atoms with Gasteiger partial charge in [0.25, 0.3) is 0 Å². The first-order valence-corrected chi connectivity index (χ1v) is 7.38. The number of aromatic nitrogens is 2. The molecule has 0 unspecified atom stereocenters. The summed E-state index contributed by atoms with van der Waals surface area (Å²) in [6.07, 6.45) is 3.23. The molecule has 1 fully saturated rings. The van der Waals surface area contributed by atoms with Crippen molar-refractivity contribution >= 4 is 29.5 Å².